The van der Waals surface area contributed by atoms with E-state index in [1.54, 1.807) is 0 Å². The fourth-order valence-corrected chi connectivity index (χ4v) is 2.99. The molecule has 0 aromatic carbocycles. The molecule has 0 radical (unpaired) electrons. The van der Waals surface area contributed by atoms with Crippen LogP contribution >= 0.6 is 0 Å². The molecular formula is C17H24BN3O2. The molecule has 1 atom stereocenters. The summed E-state index contributed by atoms with van der Waals surface area (Å²) in [6, 6.07) is 6.38. The Bertz CT molecular complexity index is 593. The molecule has 1 aromatic rings. The molecule has 3 heterocycles. The average Bonchev–Trinajstić information content (AvgIpc) is 2.76. The fourth-order valence-electron chi connectivity index (χ4n) is 2.99. The highest BCUT2D eigenvalue weighted by Crippen LogP contribution is 2.36. The van der Waals surface area contributed by atoms with E-state index in [0.29, 0.717) is 0 Å². The normalized spacial score (nSPS) is 26.1. The van der Waals surface area contributed by atoms with Gasteiger partial charge in [-0.2, -0.15) is 5.26 Å². The smallest absolute Gasteiger partial charge is 0.399 e. The minimum Gasteiger partial charge on any atom is -0.399 e. The largest absolute Gasteiger partial charge is 0.496 e. The molecule has 0 bridgehead atoms. The van der Waals surface area contributed by atoms with Gasteiger partial charge in [-0.05, 0) is 46.6 Å². The van der Waals surface area contributed by atoms with Gasteiger partial charge in [0.2, 0.25) is 0 Å². The Morgan fingerprint density at radius 3 is 2.52 bits per heavy atom. The van der Waals surface area contributed by atoms with Crippen molar-refractivity contribution < 1.29 is 9.31 Å². The first-order valence-electron chi connectivity index (χ1n) is 8.28. The molecule has 2 saturated heterocycles. The van der Waals surface area contributed by atoms with Gasteiger partial charge in [0.05, 0.1) is 23.2 Å². The van der Waals surface area contributed by atoms with Crippen molar-refractivity contribution in [3.05, 3.63) is 18.3 Å². The van der Waals surface area contributed by atoms with Crippen LogP contribution in [0.3, 0.4) is 0 Å². The zero-order chi connectivity index (χ0) is 16.7. The van der Waals surface area contributed by atoms with E-state index in [1.165, 1.54) is 0 Å². The predicted octanol–water partition coefficient (Wildman–Crippen LogP) is 2.12. The summed E-state index contributed by atoms with van der Waals surface area (Å²) in [4.78, 5) is 6.75. The molecule has 0 saturated carbocycles. The summed E-state index contributed by atoms with van der Waals surface area (Å²) in [5, 5.41) is 9.11. The Balaban J connectivity index is 1.72. The third-order valence-electron chi connectivity index (χ3n) is 5.22. The topological polar surface area (TPSA) is 58.4 Å². The highest BCUT2D eigenvalue weighted by atomic mass is 16.7. The van der Waals surface area contributed by atoms with Crippen LogP contribution in [-0.2, 0) is 9.31 Å². The van der Waals surface area contributed by atoms with Gasteiger partial charge in [-0.15, -0.1) is 0 Å². The van der Waals surface area contributed by atoms with E-state index < -0.39 is 0 Å². The Labute approximate surface area is 138 Å². The molecule has 2 fully saturated rings. The second kappa shape index (κ2) is 5.81. The summed E-state index contributed by atoms with van der Waals surface area (Å²) < 4.78 is 12.1. The van der Waals surface area contributed by atoms with Crippen LogP contribution in [0.2, 0.25) is 0 Å². The van der Waals surface area contributed by atoms with Crippen LogP contribution in [0.25, 0.3) is 0 Å². The lowest BCUT2D eigenvalue weighted by atomic mass is 9.80. The van der Waals surface area contributed by atoms with Gasteiger partial charge < -0.3 is 14.2 Å². The lowest BCUT2D eigenvalue weighted by Crippen LogP contribution is -2.41. The van der Waals surface area contributed by atoms with E-state index in [-0.39, 0.29) is 24.2 Å². The van der Waals surface area contributed by atoms with E-state index in [2.05, 4.69) is 16.0 Å². The fraction of sp³-hybridized carbons (Fsp3) is 0.647. The number of piperidine rings is 1. The number of anilines is 1. The van der Waals surface area contributed by atoms with Gasteiger partial charge in [0, 0.05) is 24.7 Å². The van der Waals surface area contributed by atoms with Crippen LogP contribution in [0.4, 0.5) is 5.82 Å². The number of rotatable bonds is 2. The molecule has 0 amide bonds. The molecular weight excluding hydrogens is 289 g/mol. The number of pyridine rings is 1. The second-order valence-electron chi connectivity index (χ2n) is 7.45. The Morgan fingerprint density at radius 2 is 1.96 bits per heavy atom. The van der Waals surface area contributed by atoms with Crippen LogP contribution in [0.1, 0.15) is 40.5 Å². The molecule has 0 aliphatic carbocycles. The molecule has 2 aliphatic rings. The third kappa shape index (κ3) is 3.08. The molecule has 1 aromatic heterocycles. The Kier molecular flexibility index (Phi) is 4.11. The molecule has 3 rings (SSSR count). The number of nitrogens with zero attached hydrogens (tertiary/aromatic N) is 3. The summed E-state index contributed by atoms with van der Waals surface area (Å²) in [7, 11) is -0.380. The van der Waals surface area contributed by atoms with Crippen molar-refractivity contribution in [2.24, 2.45) is 5.92 Å². The average molecular weight is 313 g/mol. The highest BCUT2D eigenvalue weighted by Gasteiger charge is 2.51. The molecule has 2 aliphatic heterocycles. The maximum Gasteiger partial charge on any atom is 0.496 e. The second-order valence-corrected chi connectivity index (χ2v) is 7.45. The van der Waals surface area contributed by atoms with Gasteiger partial charge in [-0.1, -0.05) is 6.07 Å². The zero-order valence-electron chi connectivity index (χ0n) is 14.4. The van der Waals surface area contributed by atoms with Crippen molar-refractivity contribution in [1.82, 2.24) is 4.98 Å². The van der Waals surface area contributed by atoms with Crippen LogP contribution in [-0.4, -0.2) is 36.4 Å². The van der Waals surface area contributed by atoms with E-state index in [4.69, 9.17) is 14.6 Å². The Morgan fingerprint density at radius 1 is 1.26 bits per heavy atom. The maximum absolute atomic E-state index is 9.11. The minimum absolute atomic E-state index is 0.105. The number of hydrogen-bond donors (Lipinski definition) is 0. The quantitative estimate of drug-likeness (QED) is 0.783. The molecule has 5 nitrogen and oxygen atoms in total. The van der Waals surface area contributed by atoms with Crippen molar-refractivity contribution in [2.45, 2.75) is 51.7 Å². The van der Waals surface area contributed by atoms with Gasteiger partial charge in [0.25, 0.3) is 0 Å². The van der Waals surface area contributed by atoms with Crippen LogP contribution in [0, 0.1) is 17.2 Å². The van der Waals surface area contributed by atoms with Crippen molar-refractivity contribution in [3.8, 4) is 6.07 Å². The number of hydrogen-bond acceptors (Lipinski definition) is 5. The van der Waals surface area contributed by atoms with E-state index >= 15 is 0 Å². The molecule has 23 heavy (non-hydrogen) atoms. The van der Waals surface area contributed by atoms with Gasteiger partial charge in [-0.25, -0.2) is 4.98 Å². The summed E-state index contributed by atoms with van der Waals surface area (Å²) in [5.74, 6) is 1.03. The monoisotopic (exact) mass is 313 g/mol. The Hall–Kier alpha value is -1.58. The highest BCUT2D eigenvalue weighted by molar-refractivity contribution is 6.62. The van der Waals surface area contributed by atoms with Gasteiger partial charge >= 0.3 is 7.12 Å². The maximum atomic E-state index is 9.11. The first kappa shape index (κ1) is 16.3. The van der Waals surface area contributed by atoms with Crippen molar-refractivity contribution in [3.63, 3.8) is 0 Å². The number of nitriles is 1. The standard InChI is InChI=1S/C17H24BN3O2/c1-16(2)17(3,4)23-18(22-16)14-7-8-15(20-11-14)21-9-5-6-13(10-19)12-21/h7-8,11,13H,5-6,9,12H2,1-4H3. The molecule has 6 heteroatoms. The summed E-state index contributed by atoms with van der Waals surface area (Å²) in [5.41, 5.74) is 0.244. The molecule has 122 valence electrons. The van der Waals surface area contributed by atoms with Crippen LogP contribution < -0.4 is 10.4 Å². The van der Waals surface area contributed by atoms with Crippen molar-refractivity contribution in [2.75, 3.05) is 18.0 Å². The summed E-state index contributed by atoms with van der Waals surface area (Å²) >= 11 is 0. The first-order valence-corrected chi connectivity index (χ1v) is 8.28. The SMILES string of the molecule is CC1(C)OB(c2ccc(N3CCCC(C#N)C3)nc2)OC1(C)C. The molecule has 0 spiro atoms. The predicted molar refractivity (Wildman–Crippen MR) is 90.5 cm³/mol. The lowest BCUT2D eigenvalue weighted by Gasteiger charge is -2.32. The minimum atomic E-state index is -0.380. The summed E-state index contributed by atoms with van der Waals surface area (Å²) in [6.45, 7) is 9.91. The third-order valence-corrected chi connectivity index (χ3v) is 5.22. The van der Waals surface area contributed by atoms with E-state index in [9.17, 15) is 0 Å². The van der Waals surface area contributed by atoms with Gasteiger partial charge in [-0.3, -0.25) is 0 Å². The van der Waals surface area contributed by atoms with Crippen LogP contribution in [0.15, 0.2) is 18.3 Å². The molecule has 1 unspecified atom stereocenters. The van der Waals surface area contributed by atoms with E-state index in [1.807, 2.05) is 46.0 Å². The van der Waals surface area contributed by atoms with Gasteiger partial charge in [0.15, 0.2) is 0 Å². The number of aromatic nitrogens is 1. The first-order chi connectivity index (χ1) is 10.8. The molecule has 0 N–H and O–H groups in total. The lowest BCUT2D eigenvalue weighted by molar-refractivity contribution is 0.00578. The summed E-state index contributed by atoms with van der Waals surface area (Å²) in [6.07, 6.45) is 3.85. The van der Waals surface area contributed by atoms with Crippen molar-refractivity contribution >= 4 is 18.4 Å². The van der Waals surface area contributed by atoms with Crippen LogP contribution in [0.5, 0.6) is 0 Å². The zero-order valence-corrected chi connectivity index (χ0v) is 14.4. The van der Waals surface area contributed by atoms with Gasteiger partial charge in [0.1, 0.15) is 5.82 Å². The van der Waals surface area contributed by atoms with E-state index in [0.717, 1.165) is 37.2 Å². The van der Waals surface area contributed by atoms with Crippen molar-refractivity contribution in [1.29, 1.82) is 5.26 Å².